The molecule has 0 fully saturated rings. The Morgan fingerprint density at radius 2 is 1.89 bits per heavy atom. The second kappa shape index (κ2) is 9.39. The Kier molecular flexibility index (Phi) is 6.68. The molecule has 0 saturated carbocycles. The number of carbonyl (C=O) groups is 1. The van der Waals surface area contributed by atoms with E-state index in [0.717, 1.165) is 27.8 Å². The molecule has 1 amide bonds. The number of nitrogens with zero attached hydrogens (tertiary/aromatic N) is 1. The lowest BCUT2D eigenvalue weighted by Crippen LogP contribution is -2.29. The quantitative estimate of drug-likeness (QED) is 0.573. The van der Waals surface area contributed by atoms with E-state index in [2.05, 4.69) is 10.3 Å². The smallest absolute Gasteiger partial charge is 0.226 e. The fraction of sp³-hybridized carbons (Fsp3) is 0.200. The first-order chi connectivity index (χ1) is 13.2. The van der Waals surface area contributed by atoms with E-state index in [1.165, 1.54) is 11.3 Å². The van der Waals surface area contributed by atoms with Crippen LogP contribution in [0.25, 0.3) is 10.6 Å². The number of methoxy groups -OCH3 is 1. The van der Waals surface area contributed by atoms with Gasteiger partial charge in [-0.15, -0.1) is 11.3 Å². The molecule has 0 radical (unpaired) electrons. The molecule has 3 rings (SSSR count). The lowest BCUT2D eigenvalue weighted by molar-refractivity contribution is -0.120. The van der Waals surface area contributed by atoms with Gasteiger partial charge in [-0.25, -0.2) is 4.98 Å². The molecule has 7 heteroatoms. The average Bonchev–Trinajstić information content (AvgIpc) is 3.14. The van der Waals surface area contributed by atoms with Gasteiger partial charge in [0.15, 0.2) is 0 Å². The van der Waals surface area contributed by atoms with Crippen LogP contribution >= 0.6 is 22.9 Å². The molecule has 0 spiro atoms. The Balaban J connectivity index is 1.43. The Bertz CT molecular complexity index is 896. The van der Waals surface area contributed by atoms with Crippen molar-refractivity contribution in [3.63, 3.8) is 0 Å². The van der Waals surface area contributed by atoms with Gasteiger partial charge >= 0.3 is 0 Å². The van der Waals surface area contributed by atoms with Crippen molar-refractivity contribution in [2.75, 3.05) is 20.3 Å². The predicted molar refractivity (Wildman–Crippen MR) is 108 cm³/mol. The highest BCUT2D eigenvalue weighted by molar-refractivity contribution is 7.13. The van der Waals surface area contributed by atoms with Crippen LogP contribution in [0.4, 0.5) is 0 Å². The highest BCUT2D eigenvalue weighted by Crippen LogP contribution is 2.30. The van der Waals surface area contributed by atoms with Gasteiger partial charge < -0.3 is 14.8 Å². The number of aromatic nitrogens is 1. The fourth-order valence-electron chi connectivity index (χ4n) is 2.40. The number of ether oxygens (including phenoxy) is 2. The number of hydrogen-bond donors (Lipinski definition) is 1. The fourth-order valence-corrected chi connectivity index (χ4v) is 3.54. The maximum absolute atomic E-state index is 12.1. The number of amides is 1. The van der Waals surface area contributed by atoms with E-state index in [-0.39, 0.29) is 12.3 Å². The third kappa shape index (κ3) is 5.45. The summed E-state index contributed by atoms with van der Waals surface area (Å²) in [7, 11) is 1.62. The van der Waals surface area contributed by atoms with E-state index in [4.69, 9.17) is 21.1 Å². The van der Waals surface area contributed by atoms with E-state index in [1.54, 1.807) is 7.11 Å². The van der Waals surface area contributed by atoms with Crippen molar-refractivity contribution in [2.24, 2.45) is 0 Å². The molecular weight excluding hydrogens is 384 g/mol. The van der Waals surface area contributed by atoms with Crippen molar-refractivity contribution in [1.29, 1.82) is 0 Å². The molecule has 5 nitrogen and oxygen atoms in total. The number of rotatable bonds is 8. The molecule has 1 N–H and O–H groups in total. The average molecular weight is 403 g/mol. The maximum atomic E-state index is 12.1. The Hall–Kier alpha value is -2.57. The minimum atomic E-state index is -0.0932. The SMILES string of the molecule is COc1ccc(OCCNC(=O)Cc2csc(-c3ccccc3Cl)n2)cc1. The summed E-state index contributed by atoms with van der Waals surface area (Å²) >= 11 is 7.67. The zero-order valence-corrected chi connectivity index (χ0v) is 16.3. The maximum Gasteiger partial charge on any atom is 0.226 e. The Morgan fingerprint density at radius 1 is 1.15 bits per heavy atom. The summed E-state index contributed by atoms with van der Waals surface area (Å²) in [4.78, 5) is 16.6. The van der Waals surface area contributed by atoms with Crippen LogP contribution in [-0.4, -0.2) is 31.2 Å². The highest BCUT2D eigenvalue weighted by Gasteiger charge is 2.10. The number of nitrogens with one attached hydrogen (secondary N) is 1. The molecule has 0 aliphatic rings. The van der Waals surface area contributed by atoms with Crippen LogP contribution in [0.5, 0.6) is 11.5 Å². The summed E-state index contributed by atoms with van der Waals surface area (Å²) in [5.41, 5.74) is 1.60. The number of thiazole rings is 1. The van der Waals surface area contributed by atoms with Gasteiger partial charge in [-0.05, 0) is 30.3 Å². The van der Waals surface area contributed by atoms with Crippen LogP contribution in [-0.2, 0) is 11.2 Å². The van der Waals surface area contributed by atoms with Gasteiger partial charge in [0.2, 0.25) is 5.91 Å². The van der Waals surface area contributed by atoms with Gasteiger partial charge in [0.25, 0.3) is 0 Å². The normalized spacial score (nSPS) is 10.4. The highest BCUT2D eigenvalue weighted by atomic mass is 35.5. The predicted octanol–water partition coefficient (Wildman–Crippen LogP) is 4.21. The molecule has 0 aliphatic heterocycles. The molecule has 0 atom stereocenters. The Morgan fingerprint density at radius 3 is 2.63 bits per heavy atom. The number of hydrogen-bond acceptors (Lipinski definition) is 5. The molecule has 0 unspecified atom stereocenters. The second-order valence-electron chi connectivity index (χ2n) is 5.67. The monoisotopic (exact) mass is 402 g/mol. The minimum Gasteiger partial charge on any atom is -0.497 e. The van der Waals surface area contributed by atoms with Crippen LogP contribution in [0.3, 0.4) is 0 Å². The summed E-state index contributed by atoms with van der Waals surface area (Å²) in [6.45, 7) is 0.812. The Labute approximate surface area is 166 Å². The van der Waals surface area contributed by atoms with Gasteiger partial charge in [-0.3, -0.25) is 4.79 Å². The van der Waals surface area contributed by atoms with Crippen molar-refractivity contribution in [2.45, 2.75) is 6.42 Å². The lowest BCUT2D eigenvalue weighted by atomic mass is 10.2. The molecule has 0 saturated heterocycles. The van der Waals surface area contributed by atoms with Gasteiger partial charge in [0.05, 0.1) is 30.8 Å². The topological polar surface area (TPSA) is 60.5 Å². The largest absolute Gasteiger partial charge is 0.497 e. The van der Waals surface area contributed by atoms with Crippen LogP contribution in [0.1, 0.15) is 5.69 Å². The van der Waals surface area contributed by atoms with E-state index >= 15 is 0 Å². The van der Waals surface area contributed by atoms with Crippen LogP contribution in [0, 0.1) is 0 Å². The van der Waals surface area contributed by atoms with E-state index < -0.39 is 0 Å². The summed E-state index contributed by atoms with van der Waals surface area (Å²) in [6, 6.07) is 14.8. The number of halogens is 1. The standard InChI is InChI=1S/C20H19ClN2O3S/c1-25-15-6-8-16(9-7-15)26-11-10-22-19(24)12-14-13-27-20(23-14)17-4-2-3-5-18(17)21/h2-9,13H,10-12H2,1H3,(H,22,24). The first-order valence-electron chi connectivity index (χ1n) is 8.38. The van der Waals surface area contributed by atoms with Gasteiger partial charge in [-0.2, -0.15) is 0 Å². The molecular formula is C20H19ClN2O3S. The van der Waals surface area contributed by atoms with Crippen molar-refractivity contribution >= 4 is 28.8 Å². The molecule has 3 aromatic rings. The molecule has 0 bridgehead atoms. The summed E-state index contributed by atoms with van der Waals surface area (Å²) < 4.78 is 10.7. The molecule has 0 aliphatic carbocycles. The lowest BCUT2D eigenvalue weighted by Gasteiger charge is -2.08. The van der Waals surface area contributed by atoms with Crippen LogP contribution in [0.15, 0.2) is 53.9 Å². The van der Waals surface area contributed by atoms with Crippen molar-refractivity contribution in [1.82, 2.24) is 10.3 Å². The summed E-state index contributed by atoms with van der Waals surface area (Å²) in [6.07, 6.45) is 0.226. The van der Waals surface area contributed by atoms with Crippen molar-refractivity contribution < 1.29 is 14.3 Å². The minimum absolute atomic E-state index is 0.0932. The van der Waals surface area contributed by atoms with Crippen LogP contribution < -0.4 is 14.8 Å². The number of benzene rings is 2. The summed E-state index contributed by atoms with van der Waals surface area (Å²) in [5.74, 6) is 1.41. The van der Waals surface area contributed by atoms with E-state index in [1.807, 2.05) is 53.9 Å². The van der Waals surface area contributed by atoms with E-state index in [0.29, 0.717) is 18.2 Å². The van der Waals surface area contributed by atoms with Gasteiger partial charge in [0.1, 0.15) is 23.1 Å². The molecule has 1 heterocycles. The van der Waals surface area contributed by atoms with Gasteiger partial charge in [0, 0.05) is 10.9 Å². The molecule has 2 aromatic carbocycles. The molecule has 1 aromatic heterocycles. The zero-order chi connectivity index (χ0) is 19.1. The first-order valence-corrected chi connectivity index (χ1v) is 9.64. The summed E-state index contributed by atoms with van der Waals surface area (Å²) in [5, 5.41) is 6.18. The third-order valence-electron chi connectivity index (χ3n) is 3.75. The molecule has 140 valence electrons. The van der Waals surface area contributed by atoms with E-state index in [9.17, 15) is 4.79 Å². The first kappa shape index (κ1) is 19.2. The van der Waals surface area contributed by atoms with Gasteiger partial charge in [-0.1, -0.05) is 29.8 Å². The van der Waals surface area contributed by atoms with Crippen molar-refractivity contribution in [3.8, 4) is 22.1 Å². The zero-order valence-electron chi connectivity index (χ0n) is 14.8. The number of carbonyl (C=O) groups excluding carboxylic acids is 1. The third-order valence-corrected chi connectivity index (χ3v) is 5.00. The van der Waals surface area contributed by atoms with Crippen LogP contribution in [0.2, 0.25) is 5.02 Å². The van der Waals surface area contributed by atoms with Crippen molar-refractivity contribution in [3.05, 3.63) is 64.6 Å². The second-order valence-corrected chi connectivity index (χ2v) is 6.94. The molecule has 27 heavy (non-hydrogen) atoms.